The molecule has 1 aromatic heterocycles. The summed E-state index contributed by atoms with van der Waals surface area (Å²) in [6.07, 6.45) is 3.75. The molecule has 1 heterocycles. The highest BCUT2D eigenvalue weighted by molar-refractivity contribution is 5.26. The van der Waals surface area contributed by atoms with Crippen LogP contribution in [0.25, 0.3) is 0 Å². The Bertz CT molecular complexity index is 417. The molecule has 0 amide bonds. The van der Waals surface area contributed by atoms with Crippen molar-refractivity contribution in [3.63, 3.8) is 0 Å². The molecule has 0 bridgehead atoms. The van der Waals surface area contributed by atoms with Crippen LogP contribution in [0.1, 0.15) is 56.4 Å². The van der Waals surface area contributed by atoms with Crippen molar-refractivity contribution in [3.05, 3.63) is 23.3 Å². The van der Waals surface area contributed by atoms with Gasteiger partial charge in [-0.1, -0.05) is 13.8 Å². The third kappa shape index (κ3) is 2.48. The van der Waals surface area contributed by atoms with Crippen LogP contribution < -0.4 is 5.73 Å². The van der Waals surface area contributed by atoms with Crippen molar-refractivity contribution in [2.24, 2.45) is 11.1 Å². The molecule has 2 atom stereocenters. The average Bonchev–Trinajstić information content (AvgIpc) is 2.25. The van der Waals surface area contributed by atoms with E-state index in [0.717, 1.165) is 29.9 Å². The van der Waals surface area contributed by atoms with Crippen LogP contribution in [0.4, 0.5) is 0 Å². The van der Waals surface area contributed by atoms with E-state index in [1.807, 2.05) is 13.1 Å². The lowest BCUT2D eigenvalue weighted by Crippen LogP contribution is -2.31. The smallest absolute Gasteiger partial charge is 0.157 e. The Hall–Kier alpha value is -1.00. The molecule has 4 nitrogen and oxygen atoms in total. The number of rotatable bonds is 2. The molecule has 0 aromatic carbocycles. The molecule has 17 heavy (non-hydrogen) atoms. The number of methoxy groups -OCH3 is 1. The Morgan fingerprint density at radius 1 is 1.53 bits per heavy atom. The molecule has 0 aliphatic heterocycles. The average molecular weight is 235 g/mol. The second-order valence-corrected chi connectivity index (χ2v) is 5.66. The van der Waals surface area contributed by atoms with Crippen LogP contribution in [0.5, 0.6) is 0 Å². The zero-order valence-corrected chi connectivity index (χ0v) is 11.0. The van der Waals surface area contributed by atoms with Gasteiger partial charge in [0.15, 0.2) is 5.82 Å². The van der Waals surface area contributed by atoms with Crippen LogP contribution in [0.2, 0.25) is 0 Å². The highest BCUT2D eigenvalue weighted by Crippen LogP contribution is 2.38. The minimum absolute atomic E-state index is 0.0562. The summed E-state index contributed by atoms with van der Waals surface area (Å²) in [6, 6.07) is 0.0562. The Balaban J connectivity index is 2.38. The molecule has 1 aliphatic rings. The zero-order valence-electron chi connectivity index (χ0n) is 11.0. The topological polar surface area (TPSA) is 61.0 Å². The molecule has 94 valence electrons. The second-order valence-electron chi connectivity index (χ2n) is 5.66. The normalized spacial score (nSPS) is 24.2. The van der Waals surface area contributed by atoms with Gasteiger partial charge in [-0.3, -0.25) is 0 Å². The zero-order chi connectivity index (χ0) is 12.6. The van der Waals surface area contributed by atoms with Gasteiger partial charge in [0, 0.05) is 30.6 Å². The van der Waals surface area contributed by atoms with Crippen molar-refractivity contribution >= 4 is 0 Å². The molecule has 0 saturated heterocycles. The fourth-order valence-corrected chi connectivity index (χ4v) is 2.43. The fraction of sp³-hybridized carbons (Fsp3) is 0.692. The first-order valence-corrected chi connectivity index (χ1v) is 6.07. The molecular formula is C13H21N3O. The van der Waals surface area contributed by atoms with Crippen molar-refractivity contribution in [2.75, 3.05) is 7.11 Å². The minimum Gasteiger partial charge on any atom is -0.374 e. The van der Waals surface area contributed by atoms with Gasteiger partial charge >= 0.3 is 0 Å². The highest BCUT2D eigenvalue weighted by Gasteiger charge is 2.32. The van der Waals surface area contributed by atoms with Crippen molar-refractivity contribution < 1.29 is 4.74 Å². The number of nitrogens with two attached hydrogens (primary N) is 1. The SMILES string of the molecule is COC(C)c1ncc2c(n1)CC(C)(C)CC2N. The lowest BCUT2D eigenvalue weighted by atomic mass is 9.74. The van der Waals surface area contributed by atoms with Crippen molar-refractivity contribution in [1.82, 2.24) is 9.97 Å². The van der Waals surface area contributed by atoms with Gasteiger partial charge in [-0.05, 0) is 25.2 Å². The van der Waals surface area contributed by atoms with E-state index >= 15 is 0 Å². The molecule has 0 spiro atoms. The molecule has 1 aromatic rings. The summed E-state index contributed by atoms with van der Waals surface area (Å²) in [4.78, 5) is 8.96. The highest BCUT2D eigenvalue weighted by atomic mass is 16.5. The Morgan fingerprint density at radius 2 is 2.24 bits per heavy atom. The number of ether oxygens (including phenoxy) is 1. The quantitative estimate of drug-likeness (QED) is 0.853. The third-order valence-electron chi connectivity index (χ3n) is 3.45. The third-order valence-corrected chi connectivity index (χ3v) is 3.45. The Labute approximate surface area is 103 Å². The molecule has 1 aliphatic carbocycles. The number of nitrogens with zero attached hydrogens (tertiary/aromatic N) is 2. The van der Waals surface area contributed by atoms with E-state index in [4.69, 9.17) is 10.5 Å². The molecule has 2 rings (SSSR count). The largest absolute Gasteiger partial charge is 0.374 e. The first kappa shape index (κ1) is 12.5. The lowest BCUT2D eigenvalue weighted by Gasteiger charge is -2.34. The van der Waals surface area contributed by atoms with E-state index < -0.39 is 0 Å². The predicted octanol–water partition coefficient (Wildman–Crippen LogP) is 2.16. The van der Waals surface area contributed by atoms with Crippen molar-refractivity contribution in [2.45, 2.75) is 45.8 Å². The first-order chi connectivity index (χ1) is 7.93. The van der Waals surface area contributed by atoms with Crippen LogP contribution in [-0.2, 0) is 11.2 Å². The first-order valence-electron chi connectivity index (χ1n) is 6.07. The molecule has 0 radical (unpaired) electrons. The summed E-state index contributed by atoms with van der Waals surface area (Å²) in [6.45, 7) is 6.42. The summed E-state index contributed by atoms with van der Waals surface area (Å²) in [5, 5.41) is 0. The van der Waals surface area contributed by atoms with Crippen LogP contribution in [0, 0.1) is 5.41 Å². The summed E-state index contributed by atoms with van der Waals surface area (Å²) in [5.74, 6) is 0.746. The van der Waals surface area contributed by atoms with Crippen LogP contribution in [-0.4, -0.2) is 17.1 Å². The molecule has 2 unspecified atom stereocenters. The van der Waals surface area contributed by atoms with Gasteiger partial charge in [-0.15, -0.1) is 0 Å². The second kappa shape index (κ2) is 4.35. The van der Waals surface area contributed by atoms with E-state index in [2.05, 4.69) is 23.8 Å². The lowest BCUT2D eigenvalue weighted by molar-refractivity contribution is 0.111. The van der Waals surface area contributed by atoms with Crippen molar-refractivity contribution in [3.8, 4) is 0 Å². The van der Waals surface area contributed by atoms with E-state index in [-0.39, 0.29) is 17.6 Å². The van der Waals surface area contributed by atoms with Gasteiger partial charge in [-0.25, -0.2) is 9.97 Å². The number of hydrogen-bond acceptors (Lipinski definition) is 4. The van der Waals surface area contributed by atoms with E-state index in [1.54, 1.807) is 7.11 Å². The number of aromatic nitrogens is 2. The van der Waals surface area contributed by atoms with Gasteiger partial charge in [0.25, 0.3) is 0 Å². The minimum atomic E-state index is -0.0680. The van der Waals surface area contributed by atoms with Crippen LogP contribution in [0.3, 0.4) is 0 Å². The van der Waals surface area contributed by atoms with Gasteiger partial charge in [-0.2, -0.15) is 0 Å². The monoisotopic (exact) mass is 235 g/mol. The Kier molecular flexibility index (Phi) is 3.19. The predicted molar refractivity (Wildman–Crippen MR) is 66.5 cm³/mol. The Morgan fingerprint density at radius 3 is 2.88 bits per heavy atom. The fourth-order valence-electron chi connectivity index (χ4n) is 2.43. The summed E-state index contributed by atoms with van der Waals surface area (Å²) >= 11 is 0. The molecule has 0 fully saturated rings. The maximum atomic E-state index is 6.17. The van der Waals surface area contributed by atoms with Crippen LogP contribution in [0.15, 0.2) is 6.20 Å². The summed E-state index contributed by atoms with van der Waals surface area (Å²) in [7, 11) is 1.67. The maximum absolute atomic E-state index is 6.17. The van der Waals surface area contributed by atoms with Crippen molar-refractivity contribution in [1.29, 1.82) is 0 Å². The molecule has 0 saturated carbocycles. The molecular weight excluding hydrogens is 214 g/mol. The van der Waals surface area contributed by atoms with Gasteiger partial charge in [0.05, 0.1) is 0 Å². The summed E-state index contributed by atoms with van der Waals surface area (Å²) < 4.78 is 5.25. The van der Waals surface area contributed by atoms with E-state index in [0.29, 0.717) is 0 Å². The maximum Gasteiger partial charge on any atom is 0.157 e. The molecule has 4 heteroatoms. The van der Waals surface area contributed by atoms with E-state index in [1.165, 1.54) is 0 Å². The van der Waals surface area contributed by atoms with Crippen LogP contribution >= 0.6 is 0 Å². The van der Waals surface area contributed by atoms with E-state index in [9.17, 15) is 0 Å². The number of fused-ring (bicyclic) bond motifs is 1. The van der Waals surface area contributed by atoms with Gasteiger partial charge < -0.3 is 10.5 Å². The number of hydrogen-bond donors (Lipinski definition) is 1. The standard InChI is InChI=1S/C13H21N3O/c1-8(17-4)12-15-7-9-10(14)5-13(2,3)6-11(9)16-12/h7-8,10H,5-6,14H2,1-4H3. The molecule has 2 N–H and O–H groups in total. The van der Waals surface area contributed by atoms with Gasteiger partial charge in [0.2, 0.25) is 0 Å². The van der Waals surface area contributed by atoms with Gasteiger partial charge in [0.1, 0.15) is 6.10 Å². The summed E-state index contributed by atoms with van der Waals surface area (Å²) in [5.41, 5.74) is 8.57.